The molecule has 0 bridgehead atoms. The van der Waals surface area contributed by atoms with Gasteiger partial charge in [0.25, 0.3) is 11.5 Å². The fraction of sp³-hybridized carbons (Fsp3) is 0.294. The number of aromatic nitrogens is 2. The molecule has 1 aromatic heterocycles. The Hall–Kier alpha value is -2.94. The molecule has 1 aliphatic rings. The normalized spacial score (nSPS) is 13.3. The second kappa shape index (κ2) is 6.44. The molecule has 1 N–H and O–H groups in total. The van der Waals surface area contributed by atoms with Crippen LogP contribution in [0.1, 0.15) is 40.4 Å². The molecule has 1 amide bonds. The summed E-state index contributed by atoms with van der Waals surface area (Å²) in [5, 5.41) is 15.8. The number of benzene rings is 1. The van der Waals surface area contributed by atoms with E-state index in [0.29, 0.717) is 30.1 Å². The van der Waals surface area contributed by atoms with E-state index in [1.54, 1.807) is 30.3 Å². The van der Waals surface area contributed by atoms with Crippen LogP contribution in [0, 0.1) is 11.3 Å². The number of hydrogen-bond acceptors (Lipinski definition) is 4. The Balaban J connectivity index is 1.58. The monoisotopic (exact) mass is 308 g/mol. The van der Waals surface area contributed by atoms with Crippen molar-refractivity contribution in [2.45, 2.75) is 25.3 Å². The van der Waals surface area contributed by atoms with Gasteiger partial charge in [0, 0.05) is 24.1 Å². The third-order valence-corrected chi connectivity index (χ3v) is 3.77. The molecule has 2 aromatic rings. The fourth-order valence-electron chi connectivity index (χ4n) is 2.30. The number of amides is 1. The van der Waals surface area contributed by atoms with Gasteiger partial charge in [0.15, 0.2) is 0 Å². The molecule has 0 aliphatic heterocycles. The number of nitrogens with zero attached hydrogens (tertiary/aromatic N) is 3. The van der Waals surface area contributed by atoms with Crippen molar-refractivity contribution in [1.29, 1.82) is 5.26 Å². The molecule has 6 heteroatoms. The Morgan fingerprint density at radius 3 is 2.65 bits per heavy atom. The summed E-state index contributed by atoms with van der Waals surface area (Å²) in [6.07, 6.45) is 2.25. The quantitative estimate of drug-likeness (QED) is 0.905. The van der Waals surface area contributed by atoms with Gasteiger partial charge < -0.3 is 5.32 Å². The van der Waals surface area contributed by atoms with Gasteiger partial charge in [-0.05, 0) is 43.2 Å². The molecule has 116 valence electrons. The summed E-state index contributed by atoms with van der Waals surface area (Å²) in [5.41, 5.74) is 1.77. The Morgan fingerprint density at radius 1 is 1.26 bits per heavy atom. The topological polar surface area (TPSA) is 87.8 Å². The lowest BCUT2D eigenvalue weighted by Gasteiger charge is -2.08. The van der Waals surface area contributed by atoms with Crippen molar-refractivity contribution in [2.75, 3.05) is 6.54 Å². The number of rotatable bonds is 5. The van der Waals surface area contributed by atoms with E-state index in [1.807, 2.05) is 6.07 Å². The Bertz CT molecular complexity index is 814. The first-order chi connectivity index (χ1) is 11.2. The molecule has 0 spiro atoms. The van der Waals surface area contributed by atoms with Crippen LogP contribution in [-0.4, -0.2) is 22.2 Å². The van der Waals surface area contributed by atoms with Crippen molar-refractivity contribution < 1.29 is 4.79 Å². The molecule has 0 unspecified atom stereocenters. The van der Waals surface area contributed by atoms with Gasteiger partial charge in [-0.2, -0.15) is 10.4 Å². The van der Waals surface area contributed by atoms with Gasteiger partial charge in [-0.1, -0.05) is 0 Å². The van der Waals surface area contributed by atoms with Crippen molar-refractivity contribution in [3.63, 3.8) is 0 Å². The summed E-state index contributed by atoms with van der Waals surface area (Å²) in [5.74, 6) is 0.246. The summed E-state index contributed by atoms with van der Waals surface area (Å²) in [4.78, 5) is 23.8. The lowest BCUT2D eigenvalue weighted by Crippen LogP contribution is -2.32. The molecule has 1 aliphatic carbocycles. The van der Waals surface area contributed by atoms with Crippen LogP contribution >= 0.6 is 0 Å². The molecular weight excluding hydrogens is 292 g/mol. The largest absolute Gasteiger partial charge is 0.350 e. The maximum atomic E-state index is 12.0. The van der Waals surface area contributed by atoms with Crippen LogP contribution in [0.3, 0.4) is 0 Å². The van der Waals surface area contributed by atoms with E-state index >= 15 is 0 Å². The van der Waals surface area contributed by atoms with Gasteiger partial charge in [0.05, 0.1) is 23.9 Å². The number of carbonyl (C=O) groups excluding carboxylic acids is 1. The highest BCUT2D eigenvalue weighted by molar-refractivity contribution is 5.94. The van der Waals surface area contributed by atoms with Gasteiger partial charge in [-0.15, -0.1) is 0 Å². The molecule has 1 fully saturated rings. The third kappa shape index (κ3) is 3.64. The van der Waals surface area contributed by atoms with Crippen molar-refractivity contribution in [3.05, 3.63) is 63.6 Å². The smallest absolute Gasteiger partial charge is 0.266 e. The van der Waals surface area contributed by atoms with Gasteiger partial charge >= 0.3 is 0 Å². The molecule has 6 nitrogen and oxygen atoms in total. The van der Waals surface area contributed by atoms with Gasteiger partial charge in [-0.3, -0.25) is 9.59 Å². The highest BCUT2D eigenvalue weighted by atomic mass is 16.1. The van der Waals surface area contributed by atoms with E-state index in [4.69, 9.17) is 5.26 Å². The lowest BCUT2D eigenvalue weighted by atomic mass is 10.1. The van der Waals surface area contributed by atoms with Crippen LogP contribution in [0.2, 0.25) is 0 Å². The highest BCUT2D eigenvalue weighted by Crippen LogP contribution is 2.38. The maximum absolute atomic E-state index is 12.0. The Kier molecular flexibility index (Phi) is 4.20. The average molecular weight is 308 g/mol. The van der Waals surface area contributed by atoms with E-state index in [9.17, 15) is 9.59 Å². The number of carbonyl (C=O) groups is 1. The minimum absolute atomic E-state index is 0.165. The second-order valence-corrected chi connectivity index (χ2v) is 5.54. The van der Waals surface area contributed by atoms with Crippen LogP contribution in [0.25, 0.3) is 0 Å². The standard InChI is InChI=1S/C17H16N4O2/c18-11-12-1-3-14(4-2-12)17(23)19-9-10-21-16(22)8-7-15(20-21)13-5-6-13/h1-4,7-8,13H,5-6,9-10H2,(H,19,23). The number of nitrogens with one attached hydrogen (secondary N) is 1. The second-order valence-electron chi connectivity index (χ2n) is 5.54. The van der Waals surface area contributed by atoms with Gasteiger partial charge in [0.2, 0.25) is 0 Å². The van der Waals surface area contributed by atoms with Crippen LogP contribution in [0.15, 0.2) is 41.2 Å². The van der Waals surface area contributed by atoms with E-state index in [0.717, 1.165) is 18.5 Å². The van der Waals surface area contributed by atoms with E-state index in [1.165, 1.54) is 10.7 Å². The SMILES string of the molecule is N#Cc1ccc(C(=O)NCCn2nc(C3CC3)ccc2=O)cc1. The number of hydrogen-bond donors (Lipinski definition) is 1. The maximum Gasteiger partial charge on any atom is 0.266 e. The molecule has 1 aromatic carbocycles. The summed E-state index contributed by atoms with van der Waals surface area (Å²) in [7, 11) is 0. The van der Waals surface area contributed by atoms with Crippen LogP contribution < -0.4 is 10.9 Å². The Labute approximate surface area is 133 Å². The van der Waals surface area contributed by atoms with Gasteiger partial charge in [-0.25, -0.2) is 4.68 Å². The lowest BCUT2D eigenvalue weighted by molar-refractivity contribution is 0.0951. The zero-order valence-corrected chi connectivity index (χ0v) is 12.5. The minimum Gasteiger partial charge on any atom is -0.350 e. The predicted octanol–water partition coefficient (Wildman–Crippen LogP) is 1.42. The molecule has 0 radical (unpaired) electrons. The molecule has 23 heavy (non-hydrogen) atoms. The summed E-state index contributed by atoms with van der Waals surface area (Å²) in [6, 6.07) is 11.7. The molecule has 1 saturated carbocycles. The molecule has 0 atom stereocenters. The summed E-state index contributed by atoms with van der Waals surface area (Å²) < 4.78 is 1.40. The molecule has 0 saturated heterocycles. The summed E-state index contributed by atoms with van der Waals surface area (Å²) >= 11 is 0. The highest BCUT2D eigenvalue weighted by Gasteiger charge is 2.25. The Morgan fingerprint density at radius 2 is 2.00 bits per heavy atom. The van der Waals surface area contributed by atoms with E-state index < -0.39 is 0 Å². The van der Waals surface area contributed by atoms with Crippen molar-refractivity contribution in [1.82, 2.24) is 15.1 Å². The number of nitriles is 1. The third-order valence-electron chi connectivity index (χ3n) is 3.77. The van der Waals surface area contributed by atoms with Crippen LogP contribution in [0.4, 0.5) is 0 Å². The average Bonchev–Trinajstić information content (AvgIpc) is 3.41. The predicted molar refractivity (Wildman–Crippen MR) is 84.0 cm³/mol. The van der Waals surface area contributed by atoms with E-state index in [-0.39, 0.29) is 11.5 Å². The minimum atomic E-state index is -0.235. The van der Waals surface area contributed by atoms with Gasteiger partial charge in [0.1, 0.15) is 0 Å². The van der Waals surface area contributed by atoms with Crippen molar-refractivity contribution in [3.8, 4) is 6.07 Å². The fourth-order valence-corrected chi connectivity index (χ4v) is 2.30. The zero-order valence-electron chi connectivity index (χ0n) is 12.5. The zero-order chi connectivity index (χ0) is 16.2. The first-order valence-electron chi connectivity index (χ1n) is 7.54. The van der Waals surface area contributed by atoms with Crippen molar-refractivity contribution >= 4 is 5.91 Å². The first kappa shape index (κ1) is 15.0. The van der Waals surface area contributed by atoms with Crippen LogP contribution in [-0.2, 0) is 6.54 Å². The molecular formula is C17H16N4O2. The first-order valence-corrected chi connectivity index (χ1v) is 7.54. The molecule has 1 heterocycles. The van der Waals surface area contributed by atoms with E-state index in [2.05, 4.69) is 10.4 Å². The molecule has 3 rings (SSSR count). The van der Waals surface area contributed by atoms with Crippen molar-refractivity contribution in [2.24, 2.45) is 0 Å². The van der Waals surface area contributed by atoms with Crippen LogP contribution in [0.5, 0.6) is 0 Å². The summed E-state index contributed by atoms with van der Waals surface area (Å²) in [6.45, 7) is 0.654.